The van der Waals surface area contributed by atoms with Crippen LogP contribution in [-0.2, 0) is 13.0 Å². The SMILES string of the molecule is Cc1cc(-c2cnoc2)cc2c1CNCC2. The molecule has 0 aliphatic carbocycles. The molecule has 0 bridgehead atoms. The average Bonchev–Trinajstić information content (AvgIpc) is 2.82. The fourth-order valence-corrected chi connectivity index (χ4v) is 2.32. The first-order chi connectivity index (χ1) is 7.84. The molecule has 3 heteroatoms. The van der Waals surface area contributed by atoms with Crippen molar-refractivity contribution in [2.24, 2.45) is 0 Å². The number of hydrogen-bond donors (Lipinski definition) is 1. The highest BCUT2D eigenvalue weighted by Gasteiger charge is 2.13. The van der Waals surface area contributed by atoms with Crippen molar-refractivity contribution >= 4 is 0 Å². The highest BCUT2D eigenvalue weighted by atomic mass is 16.5. The molecule has 1 aromatic carbocycles. The third-order valence-electron chi connectivity index (χ3n) is 3.20. The van der Waals surface area contributed by atoms with E-state index in [2.05, 4.69) is 29.5 Å². The summed E-state index contributed by atoms with van der Waals surface area (Å²) in [7, 11) is 0. The van der Waals surface area contributed by atoms with Crippen LogP contribution in [-0.4, -0.2) is 11.7 Å². The highest BCUT2D eigenvalue weighted by Crippen LogP contribution is 2.26. The Morgan fingerprint density at radius 3 is 3.06 bits per heavy atom. The lowest BCUT2D eigenvalue weighted by molar-refractivity contribution is 0.420. The van der Waals surface area contributed by atoms with Gasteiger partial charge in [-0.2, -0.15) is 0 Å². The summed E-state index contributed by atoms with van der Waals surface area (Å²) in [6, 6.07) is 4.47. The molecule has 16 heavy (non-hydrogen) atoms. The van der Waals surface area contributed by atoms with Crippen molar-refractivity contribution in [1.29, 1.82) is 0 Å². The van der Waals surface area contributed by atoms with Crippen LogP contribution in [0.4, 0.5) is 0 Å². The summed E-state index contributed by atoms with van der Waals surface area (Å²) in [4.78, 5) is 0. The van der Waals surface area contributed by atoms with E-state index in [-0.39, 0.29) is 0 Å². The maximum Gasteiger partial charge on any atom is 0.131 e. The van der Waals surface area contributed by atoms with E-state index in [4.69, 9.17) is 4.52 Å². The molecule has 2 heterocycles. The molecule has 3 nitrogen and oxygen atoms in total. The number of nitrogens with one attached hydrogen (secondary N) is 1. The molecule has 2 aromatic rings. The molecule has 0 saturated carbocycles. The Kier molecular flexibility index (Phi) is 2.26. The van der Waals surface area contributed by atoms with Crippen LogP contribution < -0.4 is 5.32 Å². The lowest BCUT2D eigenvalue weighted by Gasteiger charge is -2.20. The van der Waals surface area contributed by atoms with Gasteiger partial charge in [-0.25, -0.2) is 0 Å². The van der Waals surface area contributed by atoms with E-state index in [1.807, 2.05) is 0 Å². The predicted octanol–water partition coefficient (Wildman–Crippen LogP) is 2.30. The summed E-state index contributed by atoms with van der Waals surface area (Å²) >= 11 is 0. The van der Waals surface area contributed by atoms with Gasteiger partial charge in [0.25, 0.3) is 0 Å². The number of rotatable bonds is 1. The van der Waals surface area contributed by atoms with Gasteiger partial charge in [0.1, 0.15) is 6.26 Å². The molecule has 0 saturated heterocycles. The topological polar surface area (TPSA) is 38.1 Å². The zero-order valence-electron chi connectivity index (χ0n) is 9.29. The van der Waals surface area contributed by atoms with E-state index in [9.17, 15) is 0 Å². The van der Waals surface area contributed by atoms with Crippen LogP contribution in [0.25, 0.3) is 11.1 Å². The molecule has 1 aromatic heterocycles. The normalized spacial score (nSPS) is 14.8. The lowest BCUT2D eigenvalue weighted by atomic mass is 9.92. The Morgan fingerprint density at radius 2 is 2.25 bits per heavy atom. The molecular formula is C13H14N2O. The molecule has 0 atom stereocenters. The van der Waals surface area contributed by atoms with Crippen molar-refractivity contribution in [3.05, 3.63) is 41.3 Å². The first kappa shape index (κ1) is 9.60. The Bertz CT molecular complexity index is 503. The van der Waals surface area contributed by atoms with Crippen molar-refractivity contribution in [2.45, 2.75) is 19.9 Å². The Morgan fingerprint density at radius 1 is 1.31 bits per heavy atom. The smallest absolute Gasteiger partial charge is 0.131 e. The Hall–Kier alpha value is -1.61. The largest absolute Gasteiger partial charge is 0.364 e. The summed E-state index contributed by atoms with van der Waals surface area (Å²) in [5.41, 5.74) is 6.52. The molecular weight excluding hydrogens is 200 g/mol. The molecule has 0 spiro atoms. The van der Waals surface area contributed by atoms with E-state index >= 15 is 0 Å². The first-order valence-electron chi connectivity index (χ1n) is 5.57. The van der Waals surface area contributed by atoms with Crippen LogP contribution in [0.1, 0.15) is 16.7 Å². The molecule has 0 amide bonds. The third kappa shape index (κ3) is 1.53. The molecule has 0 fully saturated rings. The monoisotopic (exact) mass is 214 g/mol. The molecule has 0 radical (unpaired) electrons. The summed E-state index contributed by atoms with van der Waals surface area (Å²) in [5.74, 6) is 0. The van der Waals surface area contributed by atoms with Gasteiger partial charge in [0.15, 0.2) is 0 Å². The molecule has 82 valence electrons. The second kappa shape index (κ2) is 3.76. The van der Waals surface area contributed by atoms with Gasteiger partial charge < -0.3 is 9.84 Å². The fourth-order valence-electron chi connectivity index (χ4n) is 2.32. The van der Waals surface area contributed by atoms with Crippen LogP contribution in [0.15, 0.2) is 29.1 Å². The average molecular weight is 214 g/mol. The number of nitrogens with zero attached hydrogens (tertiary/aromatic N) is 1. The van der Waals surface area contributed by atoms with Crippen LogP contribution in [0.5, 0.6) is 0 Å². The van der Waals surface area contributed by atoms with E-state index in [1.54, 1.807) is 12.5 Å². The van der Waals surface area contributed by atoms with E-state index < -0.39 is 0 Å². The quantitative estimate of drug-likeness (QED) is 0.791. The maximum atomic E-state index is 4.89. The van der Waals surface area contributed by atoms with Crippen LogP contribution in [0.2, 0.25) is 0 Å². The van der Waals surface area contributed by atoms with Crippen LogP contribution in [0, 0.1) is 6.92 Å². The minimum absolute atomic E-state index is 0.991. The van der Waals surface area contributed by atoms with Gasteiger partial charge in [0, 0.05) is 12.1 Å². The second-order valence-corrected chi connectivity index (χ2v) is 4.27. The molecule has 1 aliphatic heterocycles. The molecule has 1 aliphatic rings. The highest BCUT2D eigenvalue weighted by molar-refractivity contribution is 5.64. The number of benzene rings is 1. The second-order valence-electron chi connectivity index (χ2n) is 4.27. The zero-order chi connectivity index (χ0) is 11.0. The number of fused-ring (bicyclic) bond motifs is 1. The minimum Gasteiger partial charge on any atom is -0.364 e. The Labute approximate surface area is 94.5 Å². The van der Waals surface area contributed by atoms with Crippen molar-refractivity contribution < 1.29 is 4.52 Å². The lowest BCUT2D eigenvalue weighted by Crippen LogP contribution is -2.24. The zero-order valence-corrected chi connectivity index (χ0v) is 9.29. The van der Waals surface area contributed by atoms with Gasteiger partial charge in [0.2, 0.25) is 0 Å². The van der Waals surface area contributed by atoms with Crippen molar-refractivity contribution in [2.75, 3.05) is 6.54 Å². The third-order valence-corrected chi connectivity index (χ3v) is 3.20. The summed E-state index contributed by atoms with van der Waals surface area (Å²) < 4.78 is 4.89. The Balaban J connectivity index is 2.12. The predicted molar refractivity (Wildman–Crippen MR) is 62.1 cm³/mol. The summed E-state index contributed by atoms with van der Waals surface area (Å²) in [6.07, 6.45) is 4.57. The molecule has 3 rings (SSSR count). The molecule has 0 unspecified atom stereocenters. The van der Waals surface area contributed by atoms with Gasteiger partial charge in [-0.3, -0.25) is 0 Å². The van der Waals surface area contributed by atoms with E-state index in [0.717, 1.165) is 25.1 Å². The van der Waals surface area contributed by atoms with Crippen molar-refractivity contribution in [3.8, 4) is 11.1 Å². The minimum atomic E-state index is 0.991. The fraction of sp³-hybridized carbons (Fsp3) is 0.308. The van der Waals surface area contributed by atoms with Gasteiger partial charge in [-0.15, -0.1) is 0 Å². The summed E-state index contributed by atoms with van der Waals surface area (Å²) in [6.45, 7) is 4.23. The van der Waals surface area contributed by atoms with Gasteiger partial charge in [-0.05, 0) is 42.1 Å². The van der Waals surface area contributed by atoms with Gasteiger partial charge in [-0.1, -0.05) is 17.3 Å². The van der Waals surface area contributed by atoms with Gasteiger partial charge in [0.05, 0.1) is 6.20 Å². The van der Waals surface area contributed by atoms with Crippen molar-refractivity contribution in [3.63, 3.8) is 0 Å². The first-order valence-corrected chi connectivity index (χ1v) is 5.57. The van der Waals surface area contributed by atoms with Crippen LogP contribution in [0.3, 0.4) is 0 Å². The summed E-state index contributed by atoms with van der Waals surface area (Å²) in [5, 5.41) is 7.16. The van der Waals surface area contributed by atoms with Crippen molar-refractivity contribution in [1.82, 2.24) is 10.5 Å². The van der Waals surface area contributed by atoms with Crippen LogP contribution >= 0.6 is 0 Å². The van der Waals surface area contributed by atoms with Gasteiger partial charge >= 0.3 is 0 Å². The maximum absolute atomic E-state index is 4.89. The standard InChI is InChI=1S/C13H14N2O/c1-9-4-11(12-6-15-16-8-12)5-10-2-3-14-7-13(9)10/h4-6,8,14H,2-3,7H2,1H3. The van der Waals surface area contributed by atoms with E-state index in [0.29, 0.717) is 0 Å². The number of aryl methyl sites for hydroxylation is 1. The number of aromatic nitrogens is 1. The molecule has 1 N–H and O–H groups in total. The van der Waals surface area contributed by atoms with E-state index in [1.165, 1.54) is 22.3 Å². The number of hydrogen-bond acceptors (Lipinski definition) is 3.